The monoisotopic (exact) mass is 213 g/mol. The van der Waals surface area contributed by atoms with Gasteiger partial charge in [0.1, 0.15) is 0 Å². The quantitative estimate of drug-likeness (QED) is 0.687. The summed E-state index contributed by atoms with van der Waals surface area (Å²) in [6.45, 7) is 4.26. The Morgan fingerprint density at radius 3 is 2.94 bits per heavy atom. The molecule has 82 valence electrons. The van der Waals surface area contributed by atoms with Crippen LogP contribution in [0.5, 0.6) is 0 Å². The zero-order valence-corrected chi connectivity index (χ0v) is 9.54. The van der Waals surface area contributed by atoms with E-state index >= 15 is 0 Å². The molecule has 2 aromatic rings. The van der Waals surface area contributed by atoms with E-state index in [1.54, 1.807) is 0 Å². The number of hydrogen-bond donors (Lipinski definition) is 2. The van der Waals surface area contributed by atoms with Crippen LogP contribution in [0.1, 0.15) is 25.0 Å². The molecule has 16 heavy (non-hydrogen) atoms. The van der Waals surface area contributed by atoms with Crippen LogP contribution in [-0.2, 0) is 6.42 Å². The Balaban J connectivity index is 2.05. The van der Waals surface area contributed by atoms with Crippen molar-refractivity contribution in [3.05, 3.63) is 35.4 Å². The van der Waals surface area contributed by atoms with Gasteiger partial charge in [0, 0.05) is 23.6 Å². The van der Waals surface area contributed by atoms with Gasteiger partial charge in [0.15, 0.2) is 5.82 Å². The number of H-pyrrole nitrogens is 1. The molecule has 0 aliphatic heterocycles. The van der Waals surface area contributed by atoms with Gasteiger partial charge in [-0.15, -0.1) is 0 Å². The maximum Gasteiger partial charge on any atom is 0.152 e. The fourth-order valence-corrected chi connectivity index (χ4v) is 2.26. The van der Waals surface area contributed by atoms with Gasteiger partial charge >= 0.3 is 0 Å². The summed E-state index contributed by atoms with van der Waals surface area (Å²) in [5.41, 5.74) is 5.16. The summed E-state index contributed by atoms with van der Waals surface area (Å²) in [4.78, 5) is 0. The van der Waals surface area contributed by atoms with Crippen molar-refractivity contribution in [2.24, 2.45) is 0 Å². The number of aromatic nitrogens is 2. The lowest BCUT2D eigenvalue weighted by molar-refractivity contribution is 0.880. The van der Waals surface area contributed by atoms with Crippen LogP contribution < -0.4 is 5.32 Å². The van der Waals surface area contributed by atoms with E-state index in [2.05, 4.69) is 53.6 Å². The highest BCUT2D eigenvalue weighted by atomic mass is 15.2. The number of nitrogens with one attached hydrogen (secondary N) is 2. The summed E-state index contributed by atoms with van der Waals surface area (Å²) in [5, 5.41) is 10.9. The molecule has 0 spiro atoms. The summed E-state index contributed by atoms with van der Waals surface area (Å²) in [5.74, 6) is 1.00. The highest BCUT2D eigenvalue weighted by Gasteiger charge is 2.23. The SMILES string of the molecule is CC(C)Nc1n[nH]c2c1Cc1ccccc1-2. The minimum atomic E-state index is 0.413. The zero-order valence-electron chi connectivity index (χ0n) is 9.54. The largest absolute Gasteiger partial charge is 0.366 e. The molecule has 0 amide bonds. The lowest BCUT2D eigenvalue weighted by Gasteiger charge is -2.07. The number of anilines is 1. The Morgan fingerprint density at radius 1 is 1.31 bits per heavy atom. The first-order valence-corrected chi connectivity index (χ1v) is 5.68. The molecule has 3 heteroatoms. The molecule has 0 radical (unpaired) electrons. The van der Waals surface area contributed by atoms with Crippen molar-refractivity contribution >= 4 is 5.82 Å². The van der Waals surface area contributed by atoms with Crippen LogP contribution in [-0.4, -0.2) is 16.2 Å². The summed E-state index contributed by atoms with van der Waals surface area (Å²) in [6.07, 6.45) is 0.983. The molecule has 0 atom stereocenters. The molecular weight excluding hydrogens is 198 g/mol. The molecule has 0 unspecified atom stereocenters. The van der Waals surface area contributed by atoms with Crippen LogP contribution >= 0.6 is 0 Å². The molecule has 1 aromatic carbocycles. The van der Waals surface area contributed by atoms with E-state index in [1.807, 2.05) is 0 Å². The molecule has 3 nitrogen and oxygen atoms in total. The van der Waals surface area contributed by atoms with Crippen molar-refractivity contribution in [2.45, 2.75) is 26.3 Å². The lowest BCUT2D eigenvalue weighted by atomic mass is 10.1. The molecule has 3 rings (SSSR count). The molecule has 1 aliphatic rings. The third kappa shape index (κ3) is 1.32. The second-order valence-electron chi connectivity index (χ2n) is 4.56. The zero-order chi connectivity index (χ0) is 11.1. The molecule has 0 fully saturated rings. The third-order valence-electron chi connectivity index (χ3n) is 2.95. The topological polar surface area (TPSA) is 40.7 Å². The number of aromatic amines is 1. The molecule has 1 aromatic heterocycles. The number of nitrogens with zero attached hydrogens (tertiary/aromatic N) is 1. The first-order chi connectivity index (χ1) is 7.75. The lowest BCUT2D eigenvalue weighted by Crippen LogP contribution is -2.11. The smallest absolute Gasteiger partial charge is 0.152 e. The van der Waals surface area contributed by atoms with Crippen LogP contribution in [0.25, 0.3) is 11.3 Å². The van der Waals surface area contributed by atoms with Crippen LogP contribution in [0.15, 0.2) is 24.3 Å². The Labute approximate surface area is 94.9 Å². The van der Waals surface area contributed by atoms with Crippen LogP contribution in [0, 0.1) is 0 Å². The van der Waals surface area contributed by atoms with E-state index < -0.39 is 0 Å². The number of hydrogen-bond acceptors (Lipinski definition) is 2. The van der Waals surface area contributed by atoms with Gasteiger partial charge in [-0.05, 0) is 19.4 Å². The minimum absolute atomic E-state index is 0.413. The average Bonchev–Trinajstić information content (AvgIpc) is 2.78. The van der Waals surface area contributed by atoms with Gasteiger partial charge in [-0.3, -0.25) is 5.10 Å². The highest BCUT2D eigenvalue weighted by Crippen LogP contribution is 2.38. The first-order valence-electron chi connectivity index (χ1n) is 5.68. The maximum absolute atomic E-state index is 4.34. The molecule has 0 bridgehead atoms. The molecule has 0 saturated heterocycles. The third-order valence-corrected chi connectivity index (χ3v) is 2.95. The van der Waals surface area contributed by atoms with E-state index in [0.29, 0.717) is 6.04 Å². The van der Waals surface area contributed by atoms with E-state index in [9.17, 15) is 0 Å². The van der Waals surface area contributed by atoms with E-state index in [4.69, 9.17) is 0 Å². The van der Waals surface area contributed by atoms with E-state index in [0.717, 1.165) is 12.2 Å². The first kappa shape index (κ1) is 9.46. The van der Waals surface area contributed by atoms with Gasteiger partial charge in [-0.1, -0.05) is 24.3 Å². The van der Waals surface area contributed by atoms with Crippen LogP contribution in [0.2, 0.25) is 0 Å². The van der Waals surface area contributed by atoms with Crippen molar-refractivity contribution in [1.82, 2.24) is 10.2 Å². The summed E-state index contributed by atoms with van der Waals surface area (Å²) in [7, 11) is 0. The standard InChI is InChI=1S/C13H15N3/c1-8(2)14-13-11-7-9-5-3-4-6-10(9)12(11)15-16-13/h3-6,8H,7H2,1-2H3,(H2,14,15,16). The van der Waals surface area contributed by atoms with Crippen molar-refractivity contribution < 1.29 is 0 Å². The predicted octanol–water partition coefficient (Wildman–Crippen LogP) is 2.80. The van der Waals surface area contributed by atoms with Crippen LogP contribution in [0.4, 0.5) is 5.82 Å². The Bertz CT molecular complexity index is 526. The van der Waals surface area contributed by atoms with Crippen molar-refractivity contribution in [3.63, 3.8) is 0 Å². The number of benzene rings is 1. The fourth-order valence-electron chi connectivity index (χ4n) is 2.26. The summed E-state index contributed by atoms with van der Waals surface area (Å²) in [6, 6.07) is 8.91. The predicted molar refractivity (Wildman–Crippen MR) is 65.6 cm³/mol. The molecule has 2 N–H and O–H groups in total. The van der Waals surface area contributed by atoms with Crippen molar-refractivity contribution in [1.29, 1.82) is 0 Å². The number of rotatable bonds is 2. The molecular formula is C13H15N3. The maximum atomic E-state index is 4.34. The fraction of sp³-hybridized carbons (Fsp3) is 0.308. The number of fused-ring (bicyclic) bond motifs is 3. The molecule has 0 saturated carbocycles. The summed E-state index contributed by atoms with van der Waals surface area (Å²) < 4.78 is 0. The van der Waals surface area contributed by atoms with E-state index in [1.165, 1.54) is 22.4 Å². The van der Waals surface area contributed by atoms with Gasteiger partial charge in [-0.2, -0.15) is 5.10 Å². The van der Waals surface area contributed by atoms with Gasteiger partial charge in [0.2, 0.25) is 0 Å². The van der Waals surface area contributed by atoms with Crippen LogP contribution in [0.3, 0.4) is 0 Å². The summed E-state index contributed by atoms with van der Waals surface area (Å²) >= 11 is 0. The Kier molecular flexibility index (Phi) is 1.99. The molecule has 1 aliphatic carbocycles. The second-order valence-corrected chi connectivity index (χ2v) is 4.56. The molecule has 1 heterocycles. The van der Waals surface area contributed by atoms with Gasteiger partial charge in [-0.25, -0.2) is 0 Å². The van der Waals surface area contributed by atoms with Crippen molar-refractivity contribution in [2.75, 3.05) is 5.32 Å². The van der Waals surface area contributed by atoms with Gasteiger partial charge in [0.25, 0.3) is 0 Å². The van der Waals surface area contributed by atoms with E-state index in [-0.39, 0.29) is 0 Å². The van der Waals surface area contributed by atoms with Gasteiger partial charge < -0.3 is 5.32 Å². The highest BCUT2D eigenvalue weighted by molar-refractivity contribution is 5.78. The van der Waals surface area contributed by atoms with Crippen molar-refractivity contribution in [3.8, 4) is 11.3 Å². The minimum Gasteiger partial charge on any atom is -0.366 e. The van der Waals surface area contributed by atoms with Gasteiger partial charge in [0.05, 0.1) is 5.69 Å². The normalized spacial score (nSPS) is 12.7. The Morgan fingerprint density at radius 2 is 2.12 bits per heavy atom. The second kappa shape index (κ2) is 3.37. The Hall–Kier alpha value is -1.77. The average molecular weight is 213 g/mol.